The highest BCUT2D eigenvalue weighted by atomic mass is 16.6. The highest BCUT2D eigenvalue weighted by Crippen LogP contribution is 2.18. The van der Waals surface area contributed by atoms with Crippen molar-refractivity contribution in [3.63, 3.8) is 0 Å². The minimum absolute atomic E-state index is 0.0938. The fourth-order valence-corrected chi connectivity index (χ4v) is 9.86. The summed E-state index contributed by atoms with van der Waals surface area (Å²) in [5.41, 5.74) is 0. The molecule has 0 N–H and O–H groups in total. The number of carbonyl (C=O) groups excluding carboxylic acids is 3. The second-order valence-electron chi connectivity index (χ2n) is 23.1. The zero-order chi connectivity index (χ0) is 59.2. The van der Waals surface area contributed by atoms with Gasteiger partial charge in [-0.15, -0.1) is 0 Å². The number of carbonyl (C=O) groups is 3. The molecule has 0 aromatic carbocycles. The first kappa shape index (κ1) is 78.1. The van der Waals surface area contributed by atoms with E-state index in [1.165, 1.54) is 186 Å². The molecule has 6 nitrogen and oxygen atoms in total. The standard InChI is InChI=1S/C76H130O6/c1-4-7-10-13-16-18-20-22-24-26-28-30-32-34-36-38-40-41-43-45-47-49-51-53-55-57-60-63-66-69-75(78)81-72-73(71-80-74(77)68-65-62-59-15-12-9-6-3)82-76(79)70-67-64-61-58-56-54-52-50-48-46-44-42-39-37-35-33-31-29-27-25-23-21-19-17-14-11-8-5-2/h7,10,16,18,22,24,28,30,34,36,40-41,45,47,51,53,57,60,73H,4-6,8-9,11-15,17,19-21,23,25-27,29,31-33,35,37-39,42-44,46,48-50,52,54-56,58-59,61-72H2,1-3H3/b10-7-,18-16-,24-22-,30-28-,36-34-,41-40-,47-45-,53-51-,60-57-. The summed E-state index contributed by atoms with van der Waals surface area (Å²) < 4.78 is 16.8. The Morgan fingerprint density at radius 2 is 0.476 bits per heavy atom. The van der Waals surface area contributed by atoms with E-state index >= 15 is 0 Å². The molecule has 0 fully saturated rings. The topological polar surface area (TPSA) is 78.9 Å². The van der Waals surface area contributed by atoms with Crippen LogP contribution in [-0.4, -0.2) is 37.2 Å². The van der Waals surface area contributed by atoms with Crippen LogP contribution in [0.15, 0.2) is 109 Å². The summed E-state index contributed by atoms with van der Waals surface area (Å²) in [5.74, 6) is -0.952. The summed E-state index contributed by atoms with van der Waals surface area (Å²) in [7, 11) is 0. The Morgan fingerprint density at radius 1 is 0.256 bits per heavy atom. The molecule has 0 heterocycles. The molecule has 0 aliphatic rings. The van der Waals surface area contributed by atoms with Crippen molar-refractivity contribution >= 4 is 17.9 Å². The molecule has 0 bridgehead atoms. The molecule has 0 rings (SSSR count). The molecule has 0 radical (unpaired) electrons. The molecule has 0 aliphatic heterocycles. The first-order chi connectivity index (χ1) is 40.5. The van der Waals surface area contributed by atoms with Crippen LogP contribution in [0.25, 0.3) is 0 Å². The van der Waals surface area contributed by atoms with Crippen molar-refractivity contribution in [1.82, 2.24) is 0 Å². The SMILES string of the molecule is CC/C=C\C/C=C\C/C=C\C/C=C\C/C=C\C/C=C\C/C=C\C/C=C\C/C=C\CCCC(=O)OCC(COC(=O)CCCCCCCCC)OC(=O)CCCCCCCCCCCCCCCCCCCCCCCCCCCCCC. The molecule has 0 amide bonds. The molecule has 6 heteroatoms. The summed E-state index contributed by atoms with van der Waals surface area (Å²) in [6.07, 6.45) is 95.9. The van der Waals surface area contributed by atoms with Gasteiger partial charge in [-0.05, 0) is 83.5 Å². The zero-order valence-electron chi connectivity index (χ0n) is 54.0. The number of rotatable bonds is 63. The first-order valence-corrected chi connectivity index (χ1v) is 34.9. The van der Waals surface area contributed by atoms with E-state index in [1.54, 1.807) is 0 Å². The highest BCUT2D eigenvalue weighted by molar-refractivity contribution is 5.71. The smallest absolute Gasteiger partial charge is 0.306 e. The number of unbranched alkanes of at least 4 members (excludes halogenated alkanes) is 34. The Bertz CT molecular complexity index is 1640. The Kier molecular flexibility index (Phi) is 66.2. The van der Waals surface area contributed by atoms with Gasteiger partial charge in [0, 0.05) is 19.3 Å². The zero-order valence-corrected chi connectivity index (χ0v) is 54.0. The average molecular weight is 1140 g/mol. The molecule has 0 aromatic heterocycles. The molecule has 0 spiro atoms. The van der Waals surface area contributed by atoms with Gasteiger partial charge in [0.25, 0.3) is 0 Å². The van der Waals surface area contributed by atoms with Gasteiger partial charge < -0.3 is 14.2 Å². The largest absolute Gasteiger partial charge is 0.462 e. The van der Waals surface area contributed by atoms with E-state index in [2.05, 4.69) is 130 Å². The minimum atomic E-state index is -0.800. The van der Waals surface area contributed by atoms with E-state index in [1.807, 2.05) is 0 Å². The molecular weight excluding hydrogens is 1010 g/mol. The Labute approximate surface area is 508 Å². The number of esters is 3. The van der Waals surface area contributed by atoms with Gasteiger partial charge in [-0.1, -0.05) is 342 Å². The summed E-state index contributed by atoms with van der Waals surface area (Å²) in [5, 5.41) is 0. The van der Waals surface area contributed by atoms with E-state index in [0.29, 0.717) is 19.3 Å². The number of hydrogen-bond acceptors (Lipinski definition) is 6. The van der Waals surface area contributed by atoms with Crippen LogP contribution in [0.1, 0.15) is 335 Å². The van der Waals surface area contributed by atoms with E-state index in [4.69, 9.17) is 14.2 Å². The third-order valence-corrected chi connectivity index (χ3v) is 15.0. The van der Waals surface area contributed by atoms with Crippen molar-refractivity contribution in [2.45, 2.75) is 341 Å². The maximum atomic E-state index is 12.9. The third-order valence-electron chi connectivity index (χ3n) is 15.0. The number of ether oxygens (including phenoxy) is 3. The molecular formula is C76H130O6. The van der Waals surface area contributed by atoms with E-state index in [-0.39, 0.29) is 37.5 Å². The van der Waals surface area contributed by atoms with Gasteiger partial charge in [0.2, 0.25) is 0 Å². The molecule has 0 saturated carbocycles. The van der Waals surface area contributed by atoms with Gasteiger partial charge in [0.1, 0.15) is 13.2 Å². The van der Waals surface area contributed by atoms with E-state index in [9.17, 15) is 14.4 Å². The summed E-state index contributed by atoms with van der Waals surface area (Å²) >= 11 is 0. The monoisotopic (exact) mass is 1140 g/mol. The van der Waals surface area contributed by atoms with Crippen LogP contribution in [0.3, 0.4) is 0 Å². The van der Waals surface area contributed by atoms with Crippen LogP contribution < -0.4 is 0 Å². The Morgan fingerprint density at radius 3 is 0.744 bits per heavy atom. The minimum Gasteiger partial charge on any atom is -0.462 e. The van der Waals surface area contributed by atoms with E-state index < -0.39 is 6.10 Å². The second-order valence-corrected chi connectivity index (χ2v) is 23.1. The van der Waals surface area contributed by atoms with Crippen molar-refractivity contribution in [1.29, 1.82) is 0 Å². The van der Waals surface area contributed by atoms with Crippen LogP contribution in [0.5, 0.6) is 0 Å². The first-order valence-electron chi connectivity index (χ1n) is 34.9. The van der Waals surface area contributed by atoms with Crippen molar-refractivity contribution in [2.75, 3.05) is 13.2 Å². The lowest BCUT2D eigenvalue weighted by Gasteiger charge is -2.18. The fourth-order valence-electron chi connectivity index (χ4n) is 9.86. The molecule has 1 unspecified atom stereocenters. The maximum Gasteiger partial charge on any atom is 0.306 e. The average Bonchev–Trinajstić information content (AvgIpc) is 3.48. The van der Waals surface area contributed by atoms with Gasteiger partial charge in [-0.2, -0.15) is 0 Å². The quantitative estimate of drug-likeness (QED) is 0.0261. The lowest BCUT2D eigenvalue weighted by atomic mass is 10.0. The van der Waals surface area contributed by atoms with Crippen LogP contribution in [0.2, 0.25) is 0 Å². The predicted molar refractivity (Wildman–Crippen MR) is 357 cm³/mol. The molecule has 0 aliphatic carbocycles. The van der Waals surface area contributed by atoms with Crippen molar-refractivity contribution in [3.8, 4) is 0 Å². The lowest BCUT2D eigenvalue weighted by molar-refractivity contribution is -0.167. The van der Waals surface area contributed by atoms with Crippen LogP contribution in [0.4, 0.5) is 0 Å². The molecule has 82 heavy (non-hydrogen) atoms. The van der Waals surface area contributed by atoms with Crippen molar-refractivity contribution in [3.05, 3.63) is 109 Å². The summed E-state index contributed by atoms with van der Waals surface area (Å²) in [6.45, 7) is 6.47. The number of allylic oxidation sites excluding steroid dienone is 18. The Hall–Kier alpha value is -3.93. The second kappa shape index (κ2) is 69.6. The van der Waals surface area contributed by atoms with Gasteiger partial charge in [-0.25, -0.2) is 0 Å². The Balaban J connectivity index is 4.18. The fraction of sp³-hybridized carbons (Fsp3) is 0.724. The van der Waals surface area contributed by atoms with Crippen LogP contribution in [0, 0.1) is 0 Å². The van der Waals surface area contributed by atoms with E-state index in [0.717, 1.165) is 103 Å². The van der Waals surface area contributed by atoms with Crippen molar-refractivity contribution < 1.29 is 28.6 Å². The highest BCUT2D eigenvalue weighted by Gasteiger charge is 2.19. The molecule has 470 valence electrons. The normalized spacial score (nSPS) is 12.8. The molecule has 0 aromatic rings. The third kappa shape index (κ3) is 66.9. The molecule has 0 saturated heterocycles. The lowest BCUT2D eigenvalue weighted by Crippen LogP contribution is -2.30. The van der Waals surface area contributed by atoms with Crippen LogP contribution in [-0.2, 0) is 28.6 Å². The van der Waals surface area contributed by atoms with Gasteiger partial charge in [0.05, 0.1) is 0 Å². The van der Waals surface area contributed by atoms with Gasteiger partial charge in [0.15, 0.2) is 6.10 Å². The maximum absolute atomic E-state index is 12.9. The predicted octanol–water partition coefficient (Wildman–Crippen LogP) is 24.2. The van der Waals surface area contributed by atoms with Crippen molar-refractivity contribution in [2.24, 2.45) is 0 Å². The molecule has 1 atom stereocenters. The van der Waals surface area contributed by atoms with Crippen LogP contribution >= 0.6 is 0 Å². The van der Waals surface area contributed by atoms with Gasteiger partial charge >= 0.3 is 17.9 Å². The van der Waals surface area contributed by atoms with Gasteiger partial charge in [-0.3, -0.25) is 14.4 Å². The summed E-state index contributed by atoms with van der Waals surface area (Å²) in [6, 6.07) is 0. The summed E-state index contributed by atoms with van der Waals surface area (Å²) in [4.78, 5) is 38.1. The number of hydrogen-bond donors (Lipinski definition) is 0.